The molecule has 2 atom stereocenters. The Morgan fingerprint density at radius 3 is 2.78 bits per heavy atom. The topological polar surface area (TPSA) is 24.1 Å². The van der Waals surface area contributed by atoms with E-state index < -0.39 is 0 Å². The summed E-state index contributed by atoms with van der Waals surface area (Å²) in [5, 5.41) is 7.07. The van der Waals surface area contributed by atoms with Crippen molar-refractivity contribution in [2.24, 2.45) is 0 Å². The molecule has 0 bridgehead atoms. The second-order valence-corrected chi connectivity index (χ2v) is 5.29. The molecule has 1 fully saturated rings. The van der Waals surface area contributed by atoms with Crippen molar-refractivity contribution in [2.45, 2.75) is 51.2 Å². The zero-order valence-corrected chi connectivity index (χ0v) is 11.1. The van der Waals surface area contributed by atoms with Crippen LogP contribution in [0.25, 0.3) is 0 Å². The van der Waals surface area contributed by atoms with Gasteiger partial charge in [-0.1, -0.05) is 18.6 Å². The van der Waals surface area contributed by atoms with Gasteiger partial charge in [0.05, 0.1) is 0 Å². The highest BCUT2D eigenvalue weighted by Crippen LogP contribution is 2.12. The van der Waals surface area contributed by atoms with Gasteiger partial charge in [0, 0.05) is 18.6 Å². The summed E-state index contributed by atoms with van der Waals surface area (Å²) in [4.78, 5) is 0. The molecule has 18 heavy (non-hydrogen) atoms. The summed E-state index contributed by atoms with van der Waals surface area (Å²) in [6.07, 6.45) is 5.13. The van der Waals surface area contributed by atoms with E-state index in [-0.39, 0.29) is 5.82 Å². The number of hydrogen-bond donors (Lipinski definition) is 2. The Morgan fingerprint density at radius 1 is 1.33 bits per heavy atom. The minimum Gasteiger partial charge on any atom is -0.314 e. The van der Waals surface area contributed by atoms with E-state index in [0.717, 1.165) is 18.7 Å². The number of benzene rings is 1. The van der Waals surface area contributed by atoms with Crippen LogP contribution in [-0.4, -0.2) is 18.6 Å². The lowest BCUT2D eigenvalue weighted by atomic mass is 9.99. The first-order valence-electron chi connectivity index (χ1n) is 6.95. The van der Waals surface area contributed by atoms with E-state index in [1.165, 1.54) is 37.8 Å². The Morgan fingerprint density at radius 2 is 2.11 bits per heavy atom. The van der Waals surface area contributed by atoms with Crippen molar-refractivity contribution in [3.8, 4) is 0 Å². The van der Waals surface area contributed by atoms with Crippen LogP contribution in [0.4, 0.5) is 4.39 Å². The number of nitrogens with one attached hydrogen (secondary N) is 2. The largest absolute Gasteiger partial charge is 0.314 e. The molecule has 0 spiro atoms. The van der Waals surface area contributed by atoms with Gasteiger partial charge in [0.25, 0.3) is 0 Å². The molecule has 2 N–H and O–H groups in total. The van der Waals surface area contributed by atoms with E-state index in [1.807, 2.05) is 12.1 Å². The van der Waals surface area contributed by atoms with Crippen molar-refractivity contribution < 1.29 is 4.39 Å². The van der Waals surface area contributed by atoms with Crippen LogP contribution >= 0.6 is 0 Å². The molecule has 2 unspecified atom stereocenters. The average Bonchev–Trinajstić information content (AvgIpc) is 2.39. The molecule has 1 aromatic carbocycles. The van der Waals surface area contributed by atoms with Crippen LogP contribution in [0, 0.1) is 5.82 Å². The second-order valence-electron chi connectivity index (χ2n) is 5.29. The fourth-order valence-corrected chi connectivity index (χ4v) is 2.53. The highest BCUT2D eigenvalue weighted by Gasteiger charge is 2.15. The summed E-state index contributed by atoms with van der Waals surface area (Å²) in [5.41, 5.74) is 1.14. The average molecular weight is 250 g/mol. The van der Waals surface area contributed by atoms with Crippen LogP contribution in [0.1, 0.15) is 38.2 Å². The maximum absolute atomic E-state index is 12.8. The molecule has 0 aliphatic carbocycles. The highest BCUT2D eigenvalue weighted by molar-refractivity contribution is 5.15. The SMILES string of the molecule is CC(CC1CCCCN1)NCc1ccc(F)cc1. The molecule has 1 aliphatic heterocycles. The Balaban J connectivity index is 1.70. The van der Waals surface area contributed by atoms with Crippen molar-refractivity contribution in [3.63, 3.8) is 0 Å². The molecular formula is C15H23FN2. The molecule has 100 valence electrons. The predicted octanol–water partition coefficient (Wildman–Crippen LogP) is 2.84. The predicted molar refractivity (Wildman–Crippen MR) is 73.0 cm³/mol. The van der Waals surface area contributed by atoms with Crippen LogP contribution in [0.3, 0.4) is 0 Å². The highest BCUT2D eigenvalue weighted by atomic mass is 19.1. The van der Waals surface area contributed by atoms with Crippen molar-refractivity contribution in [2.75, 3.05) is 6.54 Å². The summed E-state index contributed by atoms with van der Waals surface area (Å²) in [7, 11) is 0. The van der Waals surface area contributed by atoms with E-state index in [0.29, 0.717) is 12.1 Å². The van der Waals surface area contributed by atoms with Gasteiger partial charge in [0.15, 0.2) is 0 Å². The van der Waals surface area contributed by atoms with Crippen LogP contribution in [0.2, 0.25) is 0 Å². The van der Waals surface area contributed by atoms with E-state index in [9.17, 15) is 4.39 Å². The fourth-order valence-electron chi connectivity index (χ4n) is 2.53. The van der Waals surface area contributed by atoms with E-state index >= 15 is 0 Å². The smallest absolute Gasteiger partial charge is 0.123 e. The van der Waals surface area contributed by atoms with E-state index in [1.54, 1.807) is 0 Å². The summed E-state index contributed by atoms with van der Waals surface area (Å²) in [5.74, 6) is -0.168. The zero-order valence-electron chi connectivity index (χ0n) is 11.1. The fraction of sp³-hybridized carbons (Fsp3) is 0.600. The van der Waals surface area contributed by atoms with Gasteiger partial charge in [-0.15, -0.1) is 0 Å². The van der Waals surface area contributed by atoms with Gasteiger partial charge in [-0.2, -0.15) is 0 Å². The molecule has 0 aromatic heterocycles. The summed E-state index contributed by atoms with van der Waals surface area (Å²) in [6.45, 7) is 4.20. The van der Waals surface area contributed by atoms with Gasteiger partial charge in [0.2, 0.25) is 0 Å². The summed E-state index contributed by atoms with van der Waals surface area (Å²) >= 11 is 0. The first-order chi connectivity index (χ1) is 8.74. The molecule has 2 nitrogen and oxygen atoms in total. The number of piperidine rings is 1. The molecule has 2 rings (SSSR count). The van der Waals surface area contributed by atoms with Crippen molar-refractivity contribution in [1.29, 1.82) is 0 Å². The third kappa shape index (κ3) is 4.39. The number of halogens is 1. The molecule has 1 aromatic rings. The van der Waals surface area contributed by atoms with Crippen LogP contribution in [-0.2, 0) is 6.54 Å². The van der Waals surface area contributed by atoms with Gasteiger partial charge < -0.3 is 10.6 Å². The van der Waals surface area contributed by atoms with Gasteiger partial charge in [0.1, 0.15) is 5.82 Å². The standard InChI is InChI=1S/C15H23FN2/c1-12(10-15-4-2-3-9-17-15)18-11-13-5-7-14(16)8-6-13/h5-8,12,15,17-18H,2-4,9-11H2,1H3. The van der Waals surface area contributed by atoms with E-state index in [2.05, 4.69) is 17.6 Å². The minimum atomic E-state index is -0.168. The molecule has 1 saturated heterocycles. The van der Waals surface area contributed by atoms with Gasteiger partial charge in [-0.3, -0.25) is 0 Å². The van der Waals surface area contributed by atoms with Crippen LogP contribution < -0.4 is 10.6 Å². The third-order valence-corrected chi connectivity index (χ3v) is 3.62. The Kier molecular flexibility index (Phi) is 5.14. The van der Waals surface area contributed by atoms with Gasteiger partial charge in [-0.25, -0.2) is 4.39 Å². The Hall–Kier alpha value is -0.930. The van der Waals surface area contributed by atoms with Crippen molar-refractivity contribution >= 4 is 0 Å². The Bertz CT molecular complexity index is 344. The lowest BCUT2D eigenvalue weighted by molar-refractivity contribution is 0.344. The third-order valence-electron chi connectivity index (χ3n) is 3.62. The van der Waals surface area contributed by atoms with Crippen LogP contribution in [0.15, 0.2) is 24.3 Å². The molecular weight excluding hydrogens is 227 g/mol. The molecule has 1 heterocycles. The maximum Gasteiger partial charge on any atom is 0.123 e. The van der Waals surface area contributed by atoms with Gasteiger partial charge >= 0.3 is 0 Å². The van der Waals surface area contributed by atoms with Crippen molar-refractivity contribution in [3.05, 3.63) is 35.6 Å². The lowest BCUT2D eigenvalue weighted by Gasteiger charge is -2.26. The number of hydrogen-bond acceptors (Lipinski definition) is 2. The van der Waals surface area contributed by atoms with Crippen LogP contribution in [0.5, 0.6) is 0 Å². The van der Waals surface area contributed by atoms with E-state index in [4.69, 9.17) is 0 Å². The monoisotopic (exact) mass is 250 g/mol. The minimum absolute atomic E-state index is 0.168. The normalized spacial score (nSPS) is 21.8. The first-order valence-corrected chi connectivity index (χ1v) is 6.95. The molecule has 1 aliphatic rings. The molecule has 0 saturated carbocycles. The van der Waals surface area contributed by atoms with Crippen molar-refractivity contribution in [1.82, 2.24) is 10.6 Å². The molecule has 3 heteroatoms. The quantitative estimate of drug-likeness (QED) is 0.839. The van der Waals surface area contributed by atoms with Gasteiger partial charge in [-0.05, 0) is 50.4 Å². The zero-order chi connectivity index (χ0) is 12.8. The maximum atomic E-state index is 12.8. The summed E-state index contributed by atoms with van der Waals surface area (Å²) < 4.78 is 12.8. The molecule has 0 radical (unpaired) electrons. The lowest BCUT2D eigenvalue weighted by Crippen LogP contribution is -2.39. The summed E-state index contributed by atoms with van der Waals surface area (Å²) in [6, 6.07) is 7.87. The molecule has 0 amide bonds. The first kappa shape index (κ1) is 13.5. The second kappa shape index (κ2) is 6.86. The Labute approximate surface area is 109 Å². The number of rotatable bonds is 5.